The quantitative estimate of drug-likeness (QED) is 0.788. The fraction of sp³-hybridized carbons (Fsp3) is 0.500. The van der Waals surface area contributed by atoms with Crippen LogP contribution in [0.15, 0.2) is 23.2 Å². The molecule has 1 aliphatic rings. The predicted octanol–water partition coefficient (Wildman–Crippen LogP) is 0.0382. The maximum absolute atomic E-state index is 12.3. The van der Waals surface area contributed by atoms with Crippen LogP contribution < -0.4 is 0 Å². The third kappa shape index (κ3) is 4.13. The maximum atomic E-state index is 12.3. The van der Waals surface area contributed by atoms with Crippen molar-refractivity contribution in [1.29, 1.82) is 0 Å². The summed E-state index contributed by atoms with van der Waals surface area (Å²) < 4.78 is 1.41. The molecular weight excluding hydrogens is 316 g/mol. The molecule has 0 N–H and O–H groups in total. The SMILES string of the molecule is O=C(Cc1ccsc1)N1CCCN(C(=O)Cn2cnnn2)CC1. The van der Waals surface area contributed by atoms with Crippen molar-refractivity contribution in [3.63, 3.8) is 0 Å². The Kier molecular flexibility index (Phi) is 4.96. The van der Waals surface area contributed by atoms with E-state index >= 15 is 0 Å². The summed E-state index contributed by atoms with van der Waals surface area (Å²) >= 11 is 1.60. The Hall–Kier alpha value is -2.29. The molecule has 3 rings (SSSR count). The number of aromatic nitrogens is 4. The Morgan fingerprint density at radius 1 is 1.13 bits per heavy atom. The topological polar surface area (TPSA) is 84.2 Å². The smallest absolute Gasteiger partial charge is 0.244 e. The van der Waals surface area contributed by atoms with Crippen molar-refractivity contribution in [2.45, 2.75) is 19.4 Å². The zero-order chi connectivity index (χ0) is 16.1. The lowest BCUT2D eigenvalue weighted by molar-refractivity contribution is -0.133. The number of thiophene rings is 1. The van der Waals surface area contributed by atoms with Crippen LogP contribution in [0.3, 0.4) is 0 Å². The highest BCUT2D eigenvalue weighted by molar-refractivity contribution is 7.07. The number of carbonyl (C=O) groups excluding carboxylic acids is 2. The van der Waals surface area contributed by atoms with E-state index in [1.807, 2.05) is 21.7 Å². The van der Waals surface area contributed by atoms with Crippen LogP contribution in [0, 0.1) is 0 Å². The Morgan fingerprint density at radius 3 is 2.57 bits per heavy atom. The van der Waals surface area contributed by atoms with E-state index in [1.165, 1.54) is 11.0 Å². The predicted molar refractivity (Wildman–Crippen MR) is 83.6 cm³/mol. The fourth-order valence-corrected chi connectivity index (χ4v) is 3.26. The molecular formula is C14H18N6O2S. The first-order valence-electron chi connectivity index (χ1n) is 7.50. The average Bonchev–Trinajstić information content (AvgIpc) is 3.17. The van der Waals surface area contributed by atoms with Gasteiger partial charge in [0.25, 0.3) is 0 Å². The molecule has 3 heterocycles. The standard InChI is InChI=1S/C14H18N6O2S/c21-13(8-12-2-7-23-10-12)18-3-1-4-19(6-5-18)14(22)9-20-11-15-16-17-20/h2,7,10-11H,1,3-6,8-9H2. The molecule has 0 radical (unpaired) electrons. The van der Waals surface area contributed by atoms with Crippen molar-refractivity contribution in [3.05, 3.63) is 28.7 Å². The zero-order valence-corrected chi connectivity index (χ0v) is 13.5. The first kappa shape index (κ1) is 15.6. The summed E-state index contributed by atoms with van der Waals surface area (Å²) in [4.78, 5) is 28.2. The van der Waals surface area contributed by atoms with Crippen LogP contribution >= 0.6 is 11.3 Å². The molecule has 2 aromatic rings. The van der Waals surface area contributed by atoms with Crippen molar-refractivity contribution < 1.29 is 9.59 Å². The summed E-state index contributed by atoms with van der Waals surface area (Å²) in [6, 6.07) is 1.97. The molecule has 0 saturated carbocycles. The molecule has 8 nitrogen and oxygen atoms in total. The monoisotopic (exact) mass is 334 g/mol. The van der Waals surface area contributed by atoms with Gasteiger partial charge in [-0.2, -0.15) is 11.3 Å². The van der Waals surface area contributed by atoms with Gasteiger partial charge in [0, 0.05) is 26.2 Å². The van der Waals surface area contributed by atoms with E-state index in [0.29, 0.717) is 32.6 Å². The summed E-state index contributed by atoms with van der Waals surface area (Å²) in [5.41, 5.74) is 1.05. The van der Waals surface area contributed by atoms with Gasteiger partial charge in [0.05, 0.1) is 6.42 Å². The average molecular weight is 334 g/mol. The molecule has 122 valence electrons. The van der Waals surface area contributed by atoms with E-state index in [9.17, 15) is 9.59 Å². The molecule has 0 spiro atoms. The van der Waals surface area contributed by atoms with Crippen molar-refractivity contribution in [3.8, 4) is 0 Å². The van der Waals surface area contributed by atoms with Gasteiger partial charge in [0.1, 0.15) is 12.9 Å². The van der Waals surface area contributed by atoms with Crippen LogP contribution in [0.1, 0.15) is 12.0 Å². The van der Waals surface area contributed by atoms with Gasteiger partial charge in [0.15, 0.2) is 0 Å². The van der Waals surface area contributed by atoms with Crippen molar-refractivity contribution >= 4 is 23.2 Å². The summed E-state index contributed by atoms with van der Waals surface area (Å²) in [5, 5.41) is 14.7. The van der Waals surface area contributed by atoms with Crippen molar-refractivity contribution in [2.75, 3.05) is 26.2 Å². The van der Waals surface area contributed by atoms with Crippen molar-refractivity contribution in [1.82, 2.24) is 30.0 Å². The minimum Gasteiger partial charge on any atom is -0.341 e. The van der Waals surface area contributed by atoms with Crippen LogP contribution in [0.25, 0.3) is 0 Å². The number of hydrogen-bond donors (Lipinski definition) is 0. The molecule has 1 fully saturated rings. The largest absolute Gasteiger partial charge is 0.341 e. The molecule has 0 atom stereocenters. The highest BCUT2D eigenvalue weighted by Gasteiger charge is 2.22. The number of carbonyl (C=O) groups is 2. The fourth-order valence-electron chi connectivity index (χ4n) is 2.59. The molecule has 0 aliphatic carbocycles. The van der Waals surface area contributed by atoms with Crippen LogP contribution in [0.5, 0.6) is 0 Å². The lowest BCUT2D eigenvalue weighted by Gasteiger charge is -2.22. The number of tetrazole rings is 1. The summed E-state index contributed by atoms with van der Waals surface area (Å²) in [6.45, 7) is 2.61. The minimum atomic E-state index is -0.0237. The molecule has 0 bridgehead atoms. The zero-order valence-electron chi connectivity index (χ0n) is 12.7. The first-order valence-corrected chi connectivity index (χ1v) is 8.44. The van der Waals surface area contributed by atoms with Gasteiger partial charge in [-0.25, -0.2) is 4.68 Å². The lowest BCUT2D eigenvalue weighted by atomic mass is 10.2. The Balaban J connectivity index is 1.52. The molecule has 0 aromatic carbocycles. The van der Waals surface area contributed by atoms with Crippen molar-refractivity contribution in [2.24, 2.45) is 0 Å². The van der Waals surface area contributed by atoms with E-state index in [1.54, 1.807) is 16.2 Å². The van der Waals surface area contributed by atoms with E-state index < -0.39 is 0 Å². The van der Waals surface area contributed by atoms with E-state index in [-0.39, 0.29) is 18.4 Å². The first-order chi connectivity index (χ1) is 11.2. The highest BCUT2D eigenvalue weighted by atomic mass is 32.1. The van der Waals surface area contributed by atoms with Crippen LogP contribution in [0.2, 0.25) is 0 Å². The number of rotatable bonds is 4. The van der Waals surface area contributed by atoms with Crippen LogP contribution in [-0.2, 0) is 22.6 Å². The normalized spacial score (nSPS) is 15.5. The maximum Gasteiger partial charge on any atom is 0.244 e. The lowest BCUT2D eigenvalue weighted by Crippen LogP contribution is -2.39. The molecule has 1 aliphatic heterocycles. The molecule has 2 aromatic heterocycles. The Morgan fingerprint density at radius 2 is 1.91 bits per heavy atom. The van der Waals surface area contributed by atoms with E-state index in [2.05, 4.69) is 15.5 Å². The second-order valence-corrected chi connectivity index (χ2v) is 6.21. The highest BCUT2D eigenvalue weighted by Crippen LogP contribution is 2.10. The molecule has 9 heteroatoms. The third-order valence-corrected chi connectivity index (χ3v) is 4.56. The van der Waals surface area contributed by atoms with Crippen LogP contribution in [0.4, 0.5) is 0 Å². The summed E-state index contributed by atoms with van der Waals surface area (Å²) in [7, 11) is 0. The summed E-state index contributed by atoms with van der Waals surface area (Å²) in [6.07, 6.45) is 2.64. The molecule has 23 heavy (non-hydrogen) atoms. The van der Waals surface area contributed by atoms with E-state index in [0.717, 1.165) is 12.0 Å². The van der Waals surface area contributed by atoms with Gasteiger partial charge >= 0.3 is 0 Å². The molecule has 2 amide bonds. The van der Waals surface area contributed by atoms with Gasteiger partial charge < -0.3 is 9.80 Å². The number of nitrogens with zero attached hydrogens (tertiary/aromatic N) is 6. The Labute approximate surface area is 137 Å². The Bertz CT molecular complexity index is 586. The molecule has 1 saturated heterocycles. The second-order valence-electron chi connectivity index (χ2n) is 5.43. The van der Waals surface area contributed by atoms with E-state index in [4.69, 9.17) is 0 Å². The second kappa shape index (κ2) is 7.32. The van der Waals surface area contributed by atoms with Gasteiger partial charge in [0.2, 0.25) is 11.8 Å². The van der Waals surface area contributed by atoms with Gasteiger partial charge in [-0.05, 0) is 39.2 Å². The van der Waals surface area contributed by atoms with Crippen LogP contribution in [-0.4, -0.2) is 68.0 Å². The minimum absolute atomic E-state index is 0.0237. The van der Waals surface area contributed by atoms with Gasteiger partial charge in [-0.3, -0.25) is 9.59 Å². The number of amides is 2. The number of hydrogen-bond acceptors (Lipinski definition) is 6. The van der Waals surface area contributed by atoms with Gasteiger partial charge in [-0.15, -0.1) is 5.10 Å². The van der Waals surface area contributed by atoms with Gasteiger partial charge in [-0.1, -0.05) is 0 Å². The summed E-state index contributed by atoms with van der Waals surface area (Å²) in [5.74, 6) is 0.0996. The molecule has 0 unspecified atom stereocenters. The third-order valence-electron chi connectivity index (χ3n) is 3.83.